The summed E-state index contributed by atoms with van der Waals surface area (Å²) in [5.41, 5.74) is 3.15. The first kappa shape index (κ1) is 29.3. The fraction of sp³-hybridized carbons (Fsp3) is 0.520. The molecule has 0 radical (unpaired) electrons. The van der Waals surface area contributed by atoms with Gasteiger partial charge in [0.15, 0.2) is 0 Å². The number of halogens is 2. The lowest BCUT2D eigenvalue weighted by Gasteiger charge is -2.33. The van der Waals surface area contributed by atoms with Crippen molar-refractivity contribution >= 4 is 33.2 Å². The van der Waals surface area contributed by atoms with E-state index in [1.807, 2.05) is 32.3 Å². The number of nitrogens with zero attached hydrogens (tertiary/aromatic N) is 1. The molecule has 2 aromatic carbocycles. The van der Waals surface area contributed by atoms with Crippen molar-refractivity contribution in [3.05, 3.63) is 63.1 Å². The molecule has 0 saturated carbocycles. The highest BCUT2D eigenvalue weighted by Gasteiger charge is 2.27. The van der Waals surface area contributed by atoms with Gasteiger partial charge in [-0.1, -0.05) is 35.3 Å². The van der Waals surface area contributed by atoms with Crippen molar-refractivity contribution in [1.82, 2.24) is 14.9 Å². The van der Waals surface area contributed by atoms with Crippen LogP contribution >= 0.6 is 23.2 Å². The van der Waals surface area contributed by atoms with Crippen molar-refractivity contribution < 1.29 is 22.6 Å². The Balaban J connectivity index is 1.45. The molecule has 0 spiro atoms. The van der Waals surface area contributed by atoms with Gasteiger partial charge in [0.2, 0.25) is 10.0 Å². The maximum absolute atomic E-state index is 12.7. The Kier molecular flexibility index (Phi) is 11.9. The zero-order valence-corrected chi connectivity index (χ0v) is 23.1. The number of hydrogen-bond acceptors (Lipinski definition) is 7. The molecule has 36 heavy (non-hydrogen) atoms. The molecule has 0 fully saturated rings. The number of nitrogens with one attached hydrogen (secondary N) is 2. The number of ether oxygens (including phenoxy) is 3. The van der Waals surface area contributed by atoms with E-state index in [-0.39, 0.29) is 24.0 Å². The molecule has 2 aromatic rings. The second kappa shape index (κ2) is 14.6. The number of benzene rings is 2. The maximum Gasteiger partial charge on any atom is 0.240 e. The van der Waals surface area contributed by atoms with Gasteiger partial charge in [-0.2, -0.15) is 0 Å². The van der Waals surface area contributed by atoms with Crippen LogP contribution in [0.1, 0.15) is 22.6 Å². The predicted octanol–water partition coefficient (Wildman–Crippen LogP) is 3.12. The molecule has 2 N–H and O–H groups in total. The summed E-state index contributed by atoms with van der Waals surface area (Å²) >= 11 is 12.7. The molecule has 11 heteroatoms. The maximum atomic E-state index is 12.7. The average molecular weight is 561 g/mol. The Morgan fingerprint density at radius 3 is 2.19 bits per heavy atom. The van der Waals surface area contributed by atoms with Gasteiger partial charge in [0.1, 0.15) is 0 Å². The van der Waals surface area contributed by atoms with E-state index in [0.29, 0.717) is 43.1 Å². The van der Waals surface area contributed by atoms with Crippen molar-refractivity contribution in [3.8, 4) is 0 Å². The van der Waals surface area contributed by atoms with Crippen molar-refractivity contribution in [2.24, 2.45) is 0 Å². The predicted molar refractivity (Wildman–Crippen MR) is 143 cm³/mol. The Morgan fingerprint density at radius 1 is 0.944 bits per heavy atom. The fourth-order valence-electron chi connectivity index (χ4n) is 4.06. The number of likely N-dealkylation sites (N-methyl/N-ethyl adjacent to an activating group) is 2. The second-order valence-electron chi connectivity index (χ2n) is 8.61. The van der Waals surface area contributed by atoms with Crippen molar-refractivity contribution in [2.45, 2.75) is 17.4 Å². The van der Waals surface area contributed by atoms with E-state index in [1.165, 1.54) is 0 Å². The van der Waals surface area contributed by atoms with Gasteiger partial charge in [0.25, 0.3) is 0 Å². The summed E-state index contributed by atoms with van der Waals surface area (Å²) in [6.45, 7) is 5.27. The highest BCUT2D eigenvalue weighted by atomic mass is 35.5. The van der Waals surface area contributed by atoms with Gasteiger partial charge in [-0.05, 0) is 55.1 Å². The molecule has 0 amide bonds. The zero-order valence-electron chi connectivity index (χ0n) is 20.8. The number of hydrogen-bond donors (Lipinski definition) is 2. The van der Waals surface area contributed by atoms with Gasteiger partial charge in [-0.3, -0.25) is 0 Å². The largest absolute Gasteiger partial charge is 0.378 e. The summed E-state index contributed by atoms with van der Waals surface area (Å²) in [5.74, 6) is 0.0511. The Bertz CT molecular complexity index is 1070. The molecule has 1 aliphatic rings. The summed E-state index contributed by atoms with van der Waals surface area (Å²) < 4.78 is 44.2. The smallest absolute Gasteiger partial charge is 0.240 e. The molecule has 0 aromatic heterocycles. The molecule has 0 aliphatic carbocycles. The lowest BCUT2D eigenvalue weighted by Crippen LogP contribution is -2.31. The van der Waals surface area contributed by atoms with E-state index in [9.17, 15) is 8.42 Å². The van der Waals surface area contributed by atoms with Crippen molar-refractivity contribution in [2.75, 3.05) is 73.4 Å². The van der Waals surface area contributed by atoms with Crippen LogP contribution in [-0.2, 0) is 30.8 Å². The van der Waals surface area contributed by atoms with Crippen LogP contribution in [0.2, 0.25) is 10.0 Å². The molecular weight excluding hydrogens is 525 g/mol. The van der Waals surface area contributed by atoms with Crippen LogP contribution in [0.5, 0.6) is 0 Å². The van der Waals surface area contributed by atoms with Crippen molar-refractivity contribution in [1.29, 1.82) is 0 Å². The Hall–Kier alpha value is -1.27. The molecule has 1 heterocycles. The summed E-state index contributed by atoms with van der Waals surface area (Å²) in [6, 6.07) is 10.7. The normalized spacial score (nSPS) is 16.3. The number of fused-ring (bicyclic) bond motifs is 1. The molecule has 1 aliphatic heterocycles. The van der Waals surface area contributed by atoms with Crippen LogP contribution in [0.25, 0.3) is 0 Å². The van der Waals surface area contributed by atoms with Crippen LogP contribution in [0.3, 0.4) is 0 Å². The molecule has 1 atom stereocenters. The summed E-state index contributed by atoms with van der Waals surface area (Å²) in [4.78, 5) is 2.41. The third kappa shape index (κ3) is 8.65. The van der Waals surface area contributed by atoms with Crippen LogP contribution in [0, 0.1) is 0 Å². The Morgan fingerprint density at radius 2 is 1.56 bits per heavy atom. The number of rotatable bonds is 15. The molecule has 8 nitrogen and oxygen atoms in total. The molecular formula is C25H35Cl2N3O5S. The first-order chi connectivity index (χ1) is 17.3. The van der Waals surface area contributed by atoms with E-state index in [2.05, 4.69) is 14.9 Å². The van der Waals surface area contributed by atoms with E-state index in [4.69, 9.17) is 37.4 Å². The van der Waals surface area contributed by atoms with E-state index in [1.54, 1.807) is 18.2 Å². The van der Waals surface area contributed by atoms with E-state index >= 15 is 0 Å². The minimum Gasteiger partial charge on any atom is -0.378 e. The average Bonchev–Trinajstić information content (AvgIpc) is 2.85. The first-order valence-electron chi connectivity index (χ1n) is 12.0. The minimum atomic E-state index is -3.64. The monoisotopic (exact) mass is 559 g/mol. The molecule has 0 unspecified atom stereocenters. The lowest BCUT2D eigenvalue weighted by molar-refractivity contribution is 0.0164. The van der Waals surface area contributed by atoms with Crippen LogP contribution < -0.4 is 10.0 Å². The van der Waals surface area contributed by atoms with Gasteiger partial charge in [-0.15, -0.1) is 0 Å². The molecule has 0 bridgehead atoms. The van der Waals surface area contributed by atoms with Crippen LogP contribution in [-0.4, -0.2) is 86.7 Å². The fourth-order valence-corrected chi connectivity index (χ4v) is 5.64. The van der Waals surface area contributed by atoms with Gasteiger partial charge in [0.05, 0.1) is 44.5 Å². The highest BCUT2D eigenvalue weighted by Crippen LogP contribution is 2.38. The van der Waals surface area contributed by atoms with E-state index in [0.717, 1.165) is 36.3 Å². The highest BCUT2D eigenvalue weighted by molar-refractivity contribution is 7.89. The topological polar surface area (TPSA) is 89.1 Å². The SMILES string of the molecule is CNCCOCCOCCOCCNS(=O)(=O)c1ccc([C@H]2CN(C)Cc3c(Cl)cc(Cl)cc32)cc1. The lowest BCUT2D eigenvalue weighted by atomic mass is 9.85. The van der Waals surface area contributed by atoms with Gasteiger partial charge >= 0.3 is 0 Å². The number of sulfonamides is 1. The zero-order chi connectivity index (χ0) is 26.0. The van der Waals surface area contributed by atoms with Gasteiger partial charge in [0, 0.05) is 42.1 Å². The molecule has 200 valence electrons. The summed E-state index contributed by atoms with van der Waals surface area (Å²) in [6.07, 6.45) is 0. The third-order valence-corrected chi connectivity index (χ3v) is 7.90. The van der Waals surface area contributed by atoms with Crippen LogP contribution in [0.15, 0.2) is 41.3 Å². The van der Waals surface area contributed by atoms with Gasteiger partial charge in [-0.25, -0.2) is 13.1 Å². The third-order valence-electron chi connectivity index (χ3n) is 5.86. The van der Waals surface area contributed by atoms with E-state index < -0.39 is 10.0 Å². The molecule has 3 rings (SSSR count). The Labute approximate surface area is 224 Å². The summed E-state index contributed by atoms with van der Waals surface area (Å²) in [5, 5.41) is 4.25. The second-order valence-corrected chi connectivity index (χ2v) is 11.2. The summed E-state index contributed by atoms with van der Waals surface area (Å²) in [7, 11) is 0.272. The first-order valence-corrected chi connectivity index (χ1v) is 14.2. The quantitative estimate of drug-likeness (QED) is 0.324. The van der Waals surface area contributed by atoms with Crippen molar-refractivity contribution in [3.63, 3.8) is 0 Å². The van der Waals surface area contributed by atoms with Gasteiger partial charge < -0.3 is 24.4 Å². The molecule has 0 saturated heterocycles. The minimum absolute atomic E-state index is 0.0511. The van der Waals surface area contributed by atoms with Crippen LogP contribution in [0.4, 0.5) is 0 Å². The standard InChI is InChI=1S/C25H35Cl2N3O5S/c1-28-7-9-33-11-13-35-14-12-34-10-8-29-36(31,32)21-5-3-19(4-6-21)23-17-30(2)18-24-22(23)15-20(26)16-25(24)27/h3-6,15-16,23,28-29H,7-14,17-18H2,1-2H3/t23-/m1/s1.